The van der Waals surface area contributed by atoms with Crippen LogP contribution in [0.25, 0.3) is 10.4 Å². The smallest absolute Gasteiger partial charge is 0.166 e. The zero-order valence-corrected chi connectivity index (χ0v) is 13.8. The fraction of sp³-hybridized carbons (Fsp3) is 0.444. The molecule has 0 saturated heterocycles. The summed E-state index contributed by atoms with van der Waals surface area (Å²) in [6.45, 7) is 4.06. The molecule has 22 heavy (non-hydrogen) atoms. The lowest BCUT2D eigenvalue weighted by Crippen LogP contribution is -2.09. The topological polar surface area (TPSA) is 0 Å². The standard InChI is InChI=1S/C18H21F3S/c1-3-4-5-6-7-14-9-10-15(12-16(14)18(19,20)21)17-11-8-13(2)22-17/h8-12H,3-7H2,1-2H3. The number of aryl methyl sites for hydroxylation is 2. The second-order valence-electron chi connectivity index (χ2n) is 5.59. The van der Waals surface area contributed by atoms with E-state index in [0.717, 1.165) is 35.4 Å². The molecule has 0 radical (unpaired) electrons. The van der Waals surface area contributed by atoms with E-state index in [9.17, 15) is 13.2 Å². The van der Waals surface area contributed by atoms with Crippen molar-refractivity contribution in [1.29, 1.82) is 0 Å². The SMILES string of the molecule is CCCCCCc1ccc(-c2ccc(C)s2)cc1C(F)(F)F. The minimum absolute atomic E-state index is 0.417. The summed E-state index contributed by atoms with van der Waals surface area (Å²) in [5.74, 6) is 0. The van der Waals surface area contributed by atoms with E-state index in [1.807, 2.05) is 25.1 Å². The Labute approximate surface area is 134 Å². The van der Waals surface area contributed by atoms with E-state index in [1.165, 1.54) is 17.4 Å². The number of alkyl halides is 3. The molecule has 0 unspecified atom stereocenters. The van der Waals surface area contributed by atoms with Crippen LogP contribution < -0.4 is 0 Å². The Morgan fingerprint density at radius 2 is 1.77 bits per heavy atom. The van der Waals surface area contributed by atoms with E-state index >= 15 is 0 Å². The Morgan fingerprint density at radius 1 is 1.00 bits per heavy atom. The molecule has 0 spiro atoms. The van der Waals surface area contributed by atoms with Crippen LogP contribution in [-0.2, 0) is 12.6 Å². The number of rotatable bonds is 6. The Hall–Kier alpha value is -1.29. The molecule has 0 amide bonds. The van der Waals surface area contributed by atoms with Crippen LogP contribution in [0.15, 0.2) is 30.3 Å². The van der Waals surface area contributed by atoms with Gasteiger partial charge >= 0.3 is 6.18 Å². The second-order valence-corrected chi connectivity index (χ2v) is 6.88. The zero-order chi connectivity index (χ0) is 16.2. The molecule has 0 saturated carbocycles. The summed E-state index contributed by atoms with van der Waals surface area (Å²) < 4.78 is 40.0. The molecule has 0 atom stereocenters. The molecule has 120 valence electrons. The van der Waals surface area contributed by atoms with Gasteiger partial charge in [-0.3, -0.25) is 0 Å². The molecule has 0 nitrogen and oxygen atoms in total. The van der Waals surface area contributed by atoms with Crippen LogP contribution in [0.2, 0.25) is 0 Å². The highest BCUT2D eigenvalue weighted by atomic mass is 32.1. The van der Waals surface area contributed by atoms with Crippen LogP contribution >= 0.6 is 11.3 Å². The number of unbranched alkanes of at least 4 members (excludes halogenated alkanes) is 3. The van der Waals surface area contributed by atoms with Gasteiger partial charge < -0.3 is 0 Å². The first-order valence-corrected chi connectivity index (χ1v) is 8.50. The second kappa shape index (κ2) is 7.32. The van der Waals surface area contributed by atoms with Crippen molar-refractivity contribution in [2.75, 3.05) is 0 Å². The molecule has 0 bridgehead atoms. The normalized spacial score (nSPS) is 11.9. The molecule has 0 aliphatic carbocycles. The van der Waals surface area contributed by atoms with Gasteiger partial charge in [0.25, 0.3) is 0 Å². The summed E-state index contributed by atoms with van der Waals surface area (Å²) in [4.78, 5) is 1.99. The largest absolute Gasteiger partial charge is 0.416 e. The van der Waals surface area contributed by atoms with Crippen molar-refractivity contribution in [3.05, 3.63) is 46.3 Å². The fourth-order valence-corrected chi connectivity index (χ4v) is 3.41. The van der Waals surface area contributed by atoms with Crippen molar-refractivity contribution in [2.24, 2.45) is 0 Å². The van der Waals surface area contributed by atoms with Gasteiger partial charge in [0.15, 0.2) is 0 Å². The van der Waals surface area contributed by atoms with Crippen molar-refractivity contribution in [2.45, 2.75) is 52.1 Å². The predicted octanol–water partition coefficient (Wildman–Crippen LogP) is 6.87. The van der Waals surface area contributed by atoms with E-state index in [4.69, 9.17) is 0 Å². The fourth-order valence-electron chi connectivity index (χ4n) is 2.54. The van der Waals surface area contributed by atoms with Crippen molar-refractivity contribution < 1.29 is 13.2 Å². The molecular weight excluding hydrogens is 305 g/mol. The van der Waals surface area contributed by atoms with Crippen LogP contribution in [0.3, 0.4) is 0 Å². The van der Waals surface area contributed by atoms with Crippen LogP contribution in [0.1, 0.15) is 48.6 Å². The molecule has 0 fully saturated rings. The maximum Gasteiger partial charge on any atom is 0.416 e. The molecule has 1 aromatic carbocycles. The molecule has 1 aromatic heterocycles. The highest BCUT2D eigenvalue weighted by Gasteiger charge is 2.33. The maximum atomic E-state index is 13.3. The number of halogens is 3. The van der Waals surface area contributed by atoms with E-state index < -0.39 is 11.7 Å². The molecule has 0 aliphatic heterocycles. The first kappa shape index (κ1) is 17.1. The lowest BCUT2D eigenvalue weighted by Gasteiger charge is -2.14. The van der Waals surface area contributed by atoms with Gasteiger partial charge in [-0.05, 0) is 49.1 Å². The summed E-state index contributed by atoms with van der Waals surface area (Å²) in [7, 11) is 0. The summed E-state index contributed by atoms with van der Waals surface area (Å²) in [5, 5.41) is 0. The van der Waals surface area contributed by atoms with Crippen LogP contribution in [0.4, 0.5) is 13.2 Å². The minimum Gasteiger partial charge on any atom is -0.166 e. The summed E-state index contributed by atoms with van der Waals surface area (Å²) in [5.41, 5.74) is 0.593. The van der Waals surface area contributed by atoms with Crippen LogP contribution in [-0.4, -0.2) is 0 Å². The van der Waals surface area contributed by atoms with Gasteiger partial charge in [0.2, 0.25) is 0 Å². The highest BCUT2D eigenvalue weighted by Crippen LogP contribution is 2.37. The quantitative estimate of drug-likeness (QED) is 0.508. The maximum absolute atomic E-state index is 13.3. The van der Waals surface area contributed by atoms with Gasteiger partial charge in [-0.1, -0.05) is 38.3 Å². The third-order valence-electron chi connectivity index (χ3n) is 3.74. The first-order chi connectivity index (χ1) is 10.4. The van der Waals surface area contributed by atoms with Crippen LogP contribution in [0, 0.1) is 6.92 Å². The summed E-state index contributed by atoms with van der Waals surface area (Å²) in [6, 6.07) is 8.59. The van der Waals surface area contributed by atoms with E-state index in [2.05, 4.69) is 6.92 Å². The number of benzene rings is 1. The summed E-state index contributed by atoms with van der Waals surface area (Å²) in [6.07, 6.45) is 0.172. The van der Waals surface area contributed by atoms with Crippen molar-refractivity contribution in [1.82, 2.24) is 0 Å². The number of thiophene rings is 1. The highest BCUT2D eigenvalue weighted by molar-refractivity contribution is 7.15. The predicted molar refractivity (Wildman–Crippen MR) is 87.3 cm³/mol. The van der Waals surface area contributed by atoms with Crippen molar-refractivity contribution in [3.8, 4) is 10.4 Å². The Morgan fingerprint density at radius 3 is 2.36 bits per heavy atom. The van der Waals surface area contributed by atoms with Gasteiger partial charge in [0.1, 0.15) is 0 Å². The average Bonchev–Trinajstić information content (AvgIpc) is 2.89. The molecule has 0 N–H and O–H groups in total. The zero-order valence-electron chi connectivity index (χ0n) is 13.0. The van der Waals surface area contributed by atoms with Crippen molar-refractivity contribution in [3.63, 3.8) is 0 Å². The average molecular weight is 326 g/mol. The van der Waals surface area contributed by atoms with Gasteiger partial charge in [-0.25, -0.2) is 0 Å². The molecule has 0 aliphatic rings. The minimum atomic E-state index is -4.29. The van der Waals surface area contributed by atoms with Crippen LogP contribution in [0.5, 0.6) is 0 Å². The van der Waals surface area contributed by atoms with Crippen molar-refractivity contribution >= 4 is 11.3 Å². The first-order valence-electron chi connectivity index (χ1n) is 7.68. The lowest BCUT2D eigenvalue weighted by molar-refractivity contribution is -0.138. The van der Waals surface area contributed by atoms with Gasteiger partial charge in [0, 0.05) is 9.75 Å². The molecule has 4 heteroatoms. The van der Waals surface area contributed by atoms with Gasteiger partial charge in [-0.15, -0.1) is 11.3 Å². The Bertz CT molecular complexity index is 611. The Balaban J connectivity index is 2.27. The van der Waals surface area contributed by atoms with Gasteiger partial charge in [0.05, 0.1) is 5.56 Å². The molecule has 2 rings (SSSR count). The third kappa shape index (κ3) is 4.35. The van der Waals surface area contributed by atoms with E-state index in [-0.39, 0.29) is 0 Å². The lowest BCUT2D eigenvalue weighted by atomic mass is 9.97. The third-order valence-corrected chi connectivity index (χ3v) is 4.79. The Kier molecular flexibility index (Phi) is 5.68. The van der Waals surface area contributed by atoms with E-state index in [0.29, 0.717) is 17.5 Å². The molecular formula is C18H21F3S. The number of hydrogen-bond acceptors (Lipinski definition) is 1. The summed E-state index contributed by atoms with van der Waals surface area (Å²) >= 11 is 1.52. The van der Waals surface area contributed by atoms with E-state index in [1.54, 1.807) is 6.07 Å². The number of hydrogen-bond donors (Lipinski definition) is 0. The molecule has 2 aromatic rings. The monoisotopic (exact) mass is 326 g/mol. The molecule has 1 heterocycles. The van der Waals surface area contributed by atoms with Gasteiger partial charge in [-0.2, -0.15) is 13.2 Å².